The fourth-order valence-corrected chi connectivity index (χ4v) is 2.25. The van der Waals surface area contributed by atoms with E-state index in [4.69, 9.17) is 5.11 Å². The Balaban J connectivity index is 2.54. The second kappa shape index (κ2) is 7.45. The number of carboxylic acids is 1. The van der Waals surface area contributed by atoms with Gasteiger partial charge in [0.15, 0.2) is 11.6 Å². The van der Waals surface area contributed by atoms with Crippen LogP contribution in [-0.4, -0.2) is 26.9 Å². The summed E-state index contributed by atoms with van der Waals surface area (Å²) < 4.78 is 0. The molecule has 124 valence electrons. The van der Waals surface area contributed by atoms with E-state index < -0.39 is 5.97 Å². The first-order valence-electron chi connectivity index (χ1n) is 7.32. The van der Waals surface area contributed by atoms with Crippen molar-refractivity contribution in [2.75, 3.05) is 0 Å². The topological polar surface area (TPSA) is 112 Å². The van der Waals surface area contributed by atoms with E-state index in [1.54, 1.807) is 31.2 Å². The average Bonchev–Trinajstić information content (AvgIpc) is 2.54. The minimum Gasteiger partial charge on any atom is -0.505 e. The maximum atomic E-state index is 11.9. The summed E-state index contributed by atoms with van der Waals surface area (Å²) in [6.07, 6.45) is -0.188. The zero-order chi connectivity index (χ0) is 17.7. The molecular formula is C17H17N3O4. The number of ketones is 1. The van der Waals surface area contributed by atoms with Gasteiger partial charge in [0, 0.05) is 12.0 Å². The Morgan fingerprint density at radius 1 is 1.17 bits per heavy atom. The number of carboxylic acid groups (broad SMARTS) is 1. The molecule has 2 N–H and O–H groups in total. The van der Waals surface area contributed by atoms with Gasteiger partial charge in [-0.05, 0) is 32.4 Å². The average molecular weight is 327 g/mol. The van der Waals surface area contributed by atoms with Crippen molar-refractivity contribution in [2.45, 2.75) is 26.7 Å². The van der Waals surface area contributed by atoms with Crippen LogP contribution in [-0.2, 0) is 11.2 Å². The lowest BCUT2D eigenvalue weighted by Crippen LogP contribution is -2.07. The van der Waals surface area contributed by atoms with Gasteiger partial charge in [-0.2, -0.15) is 0 Å². The van der Waals surface area contributed by atoms with E-state index in [0.29, 0.717) is 5.69 Å². The number of benzene rings is 1. The molecule has 2 aromatic rings. The Morgan fingerprint density at radius 3 is 2.42 bits per heavy atom. The van der Waals surface area contributed by atoms with Crippen molar-refractivity contribution < 1.29 is 19.8 Å². The number of carbonyl (C=O) groups excluding carboxylic acids is 1. The van der Waals surface area contributed by atoms with Crippen LogP contribution >= 0.6 is 0 Å². The Labute approximate surface area is 138 Å². The number of Topliss-reactive ketones (excluding diaryl/α,β-unsaturated/α-hetero) is 1. The third-order valence-electron chi connectivity index (χ3n) is 3.38. The van der Waals surface area contributed by atoms with Gasteiger partial charge < -0.3 is 10.2 Å². The molecule has 1 aromatic heterocycles. The molecule has 0 aliphatic carbocycles. The molecule has 1 aromatic carbocycles. The molecule has 0 fully saturated rings. The molecule has 0 amide bonds. The molecular weight excluding hydrogens is 310 g/mol. The maximum Gasteiger partial charge on any atom is 0.303 e. The largest absolute Gasteiger partial charge is 0.505 e. The second-order valence-corrected chi connectivity index (χ2v) is 5.21. The minimum atomic E-state index is -1.02. The van der Waals surface area contributed by atoms with Crippen LogP contribution in [0.3, 0.4) is 0 Å². The summed E-state index contributed by atoms with van der Waals surface area (Å²) in [7, 11) is 0. The van der Waals surface area contributed by atoms with Crippen molar-refractivity contribution in [1.82, 2.24) is 4.98 Å². The molecule has 0 aliphatic rings. The van der Waals surface area contributed by atoms with Crippen molar-refractivity contribution in [1.29, 1.82) is 0 Å². The fourth-order valence-electron chi connectivity index (χ4n) is 2.25. The first kappa shape index (κ1) is 17.3. The van der Waals surface area contributed by atoms with Crippen molar-refractivity contribution in [3.05, 3.63) is 47.2 Å². The van der Waals surface area contributed by atoms with E-state index in [0.717, 1.165) is 0 Å². The van der Waals surface area contributed by atoms with Crippen LogP contribution in [0.4, 0.5) is 11.5 Å². The van der Waals surface area contributed by atoms with E-state index in [-0.39, 0.29) is 47.0 Å². The standard InChI is InChI=1S/C17H17N3O4/c1-10-16(24)15(11(2)21)13(8-9-14(22)23)17(18-10)20-19-12-6-4-3-5-7-12/h3-7,24H,8-9H2,1-2H3,(H,22,23). The third kappa shape index (κ3) is 4.01. The van der Waals surface area contributed by atoms with Crippen molar-refractivity contribution in [3.63, 3.8) is 0 Å². The highest BCUT2D eigenvalue weighted by Crippen LogP contribution is 2.33. The first-order valence-corrected chi connectivity index (χ1v) is 7.32. The molecule has 0 radical (unpaired) electrons. The van der Waals surface area contributed by atoms with Gasteiger partial charge in [-0.1, -0.05) is 18.2 Å². The van der Waals surface area contributed by atoms with Gasteiger partial charge >= 0.3 is 5.97 Å². The molecule has 0 aliphatic heterocycles. The second-order valence-electron chi connectivity index (χ2n) is 5.21. The summed E-state index contributed by atoms with van der Waals surface area (Å²) in [5.41, 5.74) is 1.17. The lowest BCUT2D eigenvalue weighted by Gasteiger charge is -2.12. The first-order chi connectivity index (χ1) is 11.4. The van der Waals surface area contributed by atoms with Crippen LogP contribution in [0.1, 0.15) is 35.0 Å². The number of hydrogen-bond donors (Lipinski definition) is 2. The predicted octanol–water partition coefficient (Wildman–Crippen LogP) is 3.73. The van der Waals surface area contributed by atoms with E-state index in [9.17, 15) is 14.7 Å². The van der Waals surface area contributed by atoms with E-state index in [1.165, 1.54) is 6.92 Å². The Hall–Kier alpha value is -3.09. The van der Waals surface area contributed by atoms with Gasteiger partial charge in [-0.25, -0.2) is 4.98 Å². The third-order valence-corrected chi connectivity index (χ3v) is 3.38. The van der Waals surface area contributed by atoms with E-state index >= 15 is 0 Å². The van der Waals surface area contributed by atoms with Gasteiger partial charge in [0.2, 0.25) is 0 Å². The zero-order valence-corrected chi connectivity index (χ0v) is 13.4. The molecule has 0 spiro atoms. The molecule has 7 nitrogen and oxygen atoms in total. The number of aliphatic carboxylic acids is 1. The number of aryl methyl sites for hydroxylation is 1. The van der Waals surface area contributed by atoms with E-state index in [2.05, 4.69) is 15.2 Å². The minimum absolute atomic E-state index is 0.0221. The zero-order valence-electron chi connectivity index (χ0n) is 13.4. The molecule has 0 bridgehead atoms. The Kier molecular flexibility index (Phi) is 5.36. The van der Waals surface area contributed by atoms with Gasteiger partial charge in [0.25, 0.3) is 0 Å². The van der Waals surface area contributed by atoms with Gasteiger partial charge in [0.05, 0.1) is 16.9 Å². The monoisotopic (exact) mass is 327 g/mol. The maximum absolute atomic E-state index is 11.9. The molecule has 7 heteroatoms. The van der Waals surface area contributed by atoms with Gasteiger partial charge in [-0.3, -0.25) is 9.59 Å². The number of nitrogens with zero attached hydrogens (tertiary/aromatic N) is 3. The van der Waals surface area contributed by atoms with Crippen LogP contribution in [0.25, 0.3) is 0 Å². The summed E-state index contributed by atoms with van der Waals surface area (Å²) in [6.45, 7) is 2.85. The summed E-state index contributed by atoms with van der Waals surface area (Å²) >= 11 is 0. The van der Waals surface area contributed by atoms with Crippen molar-refractivity contribution in [3.8, 4) is 5.75 Å². The molecule has 1 heterocycles. The van der Waals surface area contributed by atoms with E-state index in [1.807, 2.05) is 6.07 Å². The van der Waals surface area contributed by atoms with Crippen LogP contribution in [0.2, 0.25) is 0 Å². The number of rotatable bonds is 6. The number of aromatic hydroxyl groups is 1. The van der Waals surface area contributed by atoms with Crippen molar-refractivity contribution in [2.24, 2.45) is 10.2 Å². The van der Waals surface area contributed by atoms with Crippen LogP contribution in [0.15, 0.2) is 40.6 Å². The highest BCUT2D eigenvalue weighted by atomic mass is 16.4. The Morgan fingerprint density at radius 2 is 1.83 bits per heavy atom. The highest BCUT2D eigenvalue weighted by molar-refractivity contribution is 5.99. The number of carbonyl (C=O) groups is 2. The number of hydrogen-bond acceptors (Lipinski definition) is 6. The van der Waals surface area contributed by atoms with Gasteiger partial charge in [-0.15, -0.1) is 10.2 Å². The lowest BCUT2D eigenvalue weighted by molar-refractivity contribution is -0.136. The number of pyridine rings is 1. The molecule has 0 atom stereocenters. The predicted molar refractivity (Wildman–Crippen MR) is 87.2 cm³/mol. The summed E-state index contributed by atoms with van der Waals surface area (Å²) in [4.78, 5) is 26.9. The molecule has 0 saturated carbocycles. The molecule has 0 unspecified atom stereocenters. The van der Waals surface area contributed by atoms with Crippen LogP contribution in [0.5, 0.6) is 5.75 Å². The summed E-state index contributed by atoms with van der Waals surface area (Å²) in [5, 5.41) is 27.1. The van der Waals surface area contributed by atoms with Crippen LogP contribution in [0, 0.1) is 6.92 Å². The highest BCUT2D eigenvalue weighted by Gasteiger charge is 2.21. The smallest absolute Gasteiger partial charge is 0.303 e. The molecule has 2 rings (SSSR count). The summed E-state index contributed by atoms with van der Waals surface area (Å²) in [6, 6.07) is 8.94. The number of aromatic nitrogens is 1. The SMILES string of the molecule is CC(=O)c1c(O)c(C)nc(N=Nc2ccccc2)c1CCC(=O)O. The lowest BCUT2D eigenvalue weighted by atomic mass is 9.99. The quantitative estimate of drug-likeness (QED) is 0.620. The van der Waals surface area contributed by atoms with Gasteiger partial charge in [0.1, 0.15) is 5.75 Å². The Bertz CT molecular complexity index is 801. The van der Waals surface area contributed by atoms with Crippen molar-refractivity contribution >= 4 is 23.3 Å². The normalized spacial score (nSPS) is 10.9. The molecule has 0 saturated heterocycles. The number of azo groups is 1. The summed E-state index contributed by atoms with van der Waals surface area (Å²) in [5.74, 6) is -1.51. The molecule has 24 heavy (non-hydrogen) atoms. The van der Waals surface area contributed by atoms with Crippen LogP contribution < -0.4 is 0 Å². The fraction of sp³-hybridized carbons (Fsp3) is 0.235.